The van der Waals surface area contributed by atoms with Gasteiger partial charge in [-0.3, -0.25) is 9.36 Å². The summed E-state index contributed by atoms with van der Waals surface area (Å²) in [6.07, 6.45) is 1.28. The van der Waals surface area contributed by atoms with E-state index in [1.54, 1.807) is 31.2 Å². The van der Waals surface area contributed by atoms with Crippen LogP contribution in [0.1, 0.15) is 12.2 Å². The van der Waals surface area contributed by atoms with Gasteiger partial charge in [-0.2, -0.15) is 0 Å². The lowest BCUT2D eigenvalue weighted by molar-refractivity contribution is -0.392. The second-order valence-corrected chi connectivity index (χ2v) is 5.66. The van der Waals surface area contributed by atoms with Gasteiger partial charge in [-0.25, -0.2) is 14.3 Å². The zero-order valence-electron chi connectivity index (χ0n) is 14.0. The summed E-state index contributed by atoms with van der Waals surface area (Å²) in [5.41, 5.74) is 1.11. The van der Waals surface area contributed by atoms with Crippen LogP contribution in [0.3, 0.4) is 0 Å². The maximum absolute atomic E-state index is 12.0. The van der Waals surface area contributed by atoms with Crippen molar-refractivity contribution in [1.29, 1.82) is 0 Å². The number of hydrogen-bond donors (Lipinski definition) is 1. The van der Waals surface area contributed by atoms with Crippen molar-refractivity contribution >= 4 is 22.8 Å². The molecule has 2 aromatic heterocycles. The van der Waals surface area contributed by atoms with Gasteiger partial charge in [0, 0.05) is 19.9 Å². The molecule has 0 bridgehead atoms. The zero-order chi connectivity index (χ0) is 18.7. The molecule has 0 spiro atoms. The molecule has 0 atom stereocenters. The number of imidazole rings is 1. The van der Waals surface area contributed by atoms with Crippen LogP contribution in [0.25, 0.3) is 11.1 Å². The fourth-order valence-corrected chi connectivity index (χ4v) is 2.71. The summed E-state index contributed by atoms with van der Waals surface area (Å²) in [4.78, 5) is 38.2. The number of carbonyl (C=O) groups excluding carboxylic acids is 1. The highest BCUT2D eigenvalue weighted by molar-refractivity contribution is 5.76. The SMILES string of the molecule is Cc1ncc([N+](=O)[O-])n1CCNC(=O)CCn1c(=O)oc2ccccc21. The van der Waals surface area contributed by atoms with Crippen LogP contribution in [0.5, 0.6) is 0 Å². The summed E-state index contributed by atoms with van der Waals surface area (Å²) in [5.74, 6) is -0.387. The Bertz CT molecular complexity index is 1020. The Morgan fingerprint density at radius 3 is 2.85 bits per heavy atom. The molecule has 1 amide bonds. The number of aryl methyl sites for hydroxylation is 2. The predicted octanol–water partition coefficient (Wildman–Crippen LogP) is 1.21. The van der Waals surface area contributed by atoms with E-state index in [0.29, 0.717) is 16.9 Å². The van der Waals surface area contributed by atoms with Gasteiger partial charge in [-0.15, -0.1) is 0 Å². The van der Waals surface area contributed by atoms with E-state index < -0.39 is 10.7 Å². The molecule has 0 aliphatic heterocycles. The highest BCUT2D eigenvalue weighted by Gasteiger charge is 2.17. The number of nitrogens with one attached hydrogen (secondary N) is 1. The molecule has 1 aromatic carbocycles. The van der Waals surface area contributed by atoms with Gasteiger partial charge in [0.25, 0.3) is 0 Å². The summed E-state index contributed by atoms with van der Waals surface area (Å²) in [6.45, 7) is 2.30. The second-order valence-electron chi connectivity index (χ2n) is 5.66. The standard InChI is InChI=1S/C16H17N5O5/c1-11-18-10-15(21(24)25)19(11)9-7-17-14(22)6-8-20-12-4-2-3-5-13(12)26-16(20)23/h2-5,10H,6-9H2,1H3,(H,17,22). The molecule has 0 aliphatic carbocycles. The van der Waals surface area contributed by atoms with E-state index in [-0.39, 0.29) is 37.8 Å². The molecule has 0 radical (unpaired) electrons. The Kier molecular flexibility index (Phi) is 4.83. The van der Waals surface area contributed by atoms with E-state index in [1.807, 2.05) is 0 Å². The van der Waals surface area contributed by atoms with Crippen LogP contribution < -0.4 is 11.1 Å². The number of aromatic nitrogens is 3. The van der Waals surface area contributed by atoms with Crippen LogP contribution in [0.2, 0.25) is 0 Å². The molecule has 0 unspecified atom stereocenters. The molecule has 3 aromatic rings. The van der Waals surface area contributed by atoms with E-state index >= 15 is 0 Å². The van der Waals surface area contributed by atoms with Crippen molar-refractivity contribution in [2.75, 3.05) is 6.54 Å². The molecule has 3 rings (SSSR count). The molecule has 0 aliphatic rings. The minimum Gasteiger partial charge on any atom is -0.408 e. The van der Waals surface area contributed by atoms with Gasteiger partial charge in [0.2, 0.25) is 5.91 Å². The molecule has 26 heavy (non-hydrogen) atoms. The number of fused-ring (bicyclic) bond motifs is 1. The molecule has 0 fully saturated rings. The van der Waals surface area contributed by atoms with Crippen molar-refractivity contribution in [1.82, 2.24) is 19.4 Å². The van der Waals surface area contributed by atoms with Crippen LogP contribution in [0.15, 0.2) is 39.7 Å². The van der Waals surface area contributed by atoms with Crippen molar-refractivity contribution in [3.8, 4) is 0 Å². The van der Waals surface area contributed by atoms with E-state index in [9.17, 15) is 19.7 Å². The third-order valence-corrected chi connectivity index (χ3v) is 4.01. The maximum atomic E-state index is 12.0. The van der Waals surface area contributed by atoms with Crippen LogP contribution in [-0.2, 0) is 17.9 Å². The quantitative estimate of drug-likeness (QED) is 0.499. The largest absolute Gasteiger partial charge is 0.419 e. The topological polar surface area (TPSA) is 125 Å². The molecule has 2 heterocycles. The van der Waals surface area contributed by atoms with Gasteiger partial charge in [0.15, 0.2) is 11.4 Å². The number of para-hydroxylation sites is 2. The number of benzene rings is 1. The van der Waals surface area contributed by atoms with E-state index in [4.69, 9.17) is 4.42 Å². The maximum Gasteiger partial charge on any atom is 0.419 e. The second kappa shape index (κ2) is 7.21. The first kappa shape index (κ1) is 17.4. The normalized spacial score (nSPS) is 11.0. The predicted molar refractivity (Wildman–Crippen MR) is 91.7 cm³/mol. The van der Waals surface area contributed by atoms with Gasteiger partial charge >= 0.3 is 11.6 Å². The van der Waals surface area contributed by atoms with Crippen LogP contribution >= 0.6 is 0 Å². The van der Waals surface area contributed by atoms with Gasteiger partial charge in [-0.05, 0) is 17.1 Å². The number of rotatable bonds is 7. The number of hydrogen-bond acceptors (Lipinski definition) is 6. The summed E-state index contributed by atoms with van der Waals surface area (Å²) in [7, 11) is 0. The zero-order valence-corrected chi connectivity index (χ0v) is 14.0. The Morgan fingerprint density at radius 1 is 1.31 bits per heavy atom. The average molecular weight is 359 g/mol. The fraction of sp³-hybridized carbons (Fsp3) is 0.312. The Morgan fingerprint density at radius 2 is 2.08 bits per heavy atom. The lowest BCUT2D eigenvalue weighted by Crippen LogP contribution is -2.29. The summed E-state index contributed by atoms with van der Waals surface area (Å²) < 4.78 is 7.94. The number of nitrogens with zero attached hydrogens (tertiary/aromatic N) is 4. The van der Waals surface area contributed by atoms with Crippen LogP contribution in [0.4, 0.5) is 5.82 Å². The van der Waals surface area contributed by atoms with Crippen molar-refractivity contribution < 1.29 is 14.1 Å². The number of nitro groups is 1. The van der Waals surface area contributed by atoms with E-state index in [0.717, 1.165) is 0 Å². The lowest BCUT2D eigenvalue weighted by atomic mass is 10.3. The summed E-state index contributed by atoms with van der Waals surface area (Å²) in [6, 6.07) is 6.99. The first-order chi connectivity index (χ1) is 12.5. The van der Waals surface area contributed by atoms with E-state index in [2.05, 4.69) is 10.3 Å². The smallest absolute Gasteiger partial charge is 0.408 e. The molecule has 136 valence electrons. The number of oxazole rings is 1. The van der Waals surface area contributed by atoms with Crippen molar-refractivity contribution in [2.24, 2.45) is 0 Å². The fourth-order valence-electron chi connectivity index (χ4n) is 2.71. The third kappa shape index (κ3) is 3.48. The van der Waals surface area contributed by atoms with Gasteiger partial charge in [0.1, 0.15) is 12.7 Å². The summed E-state index contributed by atoms with van der Waals surface area (Å²) in [5, 5.41) is 13.6. The lowest BCUT2D eigenvalue weighted by Gasteiger charge is -2.06. The van der Waals surface area contributed by atoms with Crippen molar-refractivity contribution in [3.05, 3.63) is 57.0 Å². The van der Waals surface area contributed by atoms with E-state index in [1.165, 1.54) is 15.3 Å². The molecule has 0 saturated carbocycles. The highest BCUT2D eigenvalue weighted by Crippen LogP contribution is 2.13. The minimum absolute atomic E-state index is 0.0917. The monoisotopic (exact) mass is 359 g/mol. The van der Waals surface area contributed by atoms with Crippen molar-refractivity contribution in [3.63, 3.8) is 0 Å². The molecule has 10 nitrogen and oxygen atoms in total. The Balaban J connectivity index is 1.55. The molecule has 10 heteroatoms. The van der Waals surface area contributed by atoms with Gasteiger partial charge in [-0.1, -0.05) is 12.1 Å². The summed E-state index contributed by atoms with van der Waals surface area (Å²) >= 11 is 0. The first-order valence-electron chi connectivity index (χ1n) is 7.99. The highest BCUT2D eigenvalue weighted by atomic mass is 16.6. The third-order valence-electron chi connectivity index (χ3n) is 4.01. The van der Waals surface area contributed by atoms with Gasteiger partial charge in [0.05, 0.1) is 12.1 Å². The Labute approximate surface area is 147 Å². The van der Waals surface area contributed by atoms with Crippen LogP contribution in [0, 0.1) is 17.0 Å². The average Bonchev–Trinajstić information content (AvgIpc) is 3.13. The molecule has 1 N–H and O–H groups in total. The molecular formula is C16H17N5O5. The van der Waals surface area contributed by atoms with Gasteiger partial charge < -0.3 is 19.8 Å². The molecular weight excluding hydrogens is 342 g/mol. The number of carbonyl (C=O) groups is 1. The number of amides is 1. The van der Waals surface area contributed by atoms with Crippen molar-refractivity contribution in [2.45, 2.75) is 26.4 Å². The minimum atomic E-state index is -0.516. The van der Waals surface area contributed by atoms with Crippen LogP contribution in [-0.4, -0.2) is 31.5 Å². The first-order valence-corrected chi connectivity index (χ1v) is 7.99. The molecule has 0 saturated heterocycles. The Hall–Kier alpha value is -3.43.